The molecular formula is C15H26N2O3. The third-order valence-electron chi connectivity index (χ3n) is 5.07. The van der Waals surface area contributed by atoms with Gasteiger partial charge in [0, 0.05) is 12.5 Å². The number of carboxylic acids is 1. The van der Waals surface area contributed by atoms with Gasteiger partial charge in [0.1, 0.15) is 6.04 Å². The van der Waals surface area contributed by atoms with Crippen LogP contribution in [-0.2, 0) is 9.59 Å². The van der Waals surface area contributed by atoms with Crippen LogP contribution in [0.15, 0.2) is 0 Å². The van der Waals surface area contributed by atoms with Crippen molar-refractivity contribution in [1.82, 2.24) is 4.90 Å². The van der Waals surface area contributed by atoms with Crippen molar-refractivity contribution < 1.29 is 14.7 Å². The Kier molecular flexibility index (Phi) is 4.37. The number of likely N-dealkylation sites (tertiary alicyclic amines) is 1. The molecule has 1 aliphatic carbocycles. The van der Waals surface area contributed by atoms with Gasteiger partial charge in [-0.05, 0) is 43.6 Å². The van der Waals surface area contributed by atoms with Crippen LogP contribution >= 0.6 is 0 Å². The summed E-state index contributed by atoms with van der Waals surface area (Å²) in [6, 6.07) is -0.706. The second-order valence-corrected chi connectivity index (χ2v) is 6.90. The molecular weight excluding hydrogens is 256 g/mol. The summed E-state index contributed by atoms with van der Waals surface area (Å²) in [5.41, 5.74) is 5.39. The van der Waals surface area contributed by atoms with Gasteiger partial charge in [0.2, 0.25) is 5.91 Å². The molecule has 5 nitrogen and oxygen atoms in total. The minimum Gasteiger partial charge on any atom is -0.480 e. The van der Waals surface area contributed by atoms with Gasteiger partial charge in [0.15, 0.2) is 0 Å². The van der Waals surface area contributed by atoms with Crippen molar-refractivity contribution in [2.45, 2.75) is 52.0 Å². The van der Waals surface area contributed by atoms with Crippen LogP contribution in [0, 0.1) is 17.3 Å². The summed E-state index contributed by atoms with van der Waals surface area (Å²) in [4.78, 5) is 26.0. The van der Waals surface area contributed by atoms with Crippen molar-refractivity contribution in [3.63, 3.8) is 0 Å². The lowest BCUT2D eigenvalue weighted by atomic mass is 9.75. The molecule has 2 aliphatic rings. The maximum atomic E-state index is 12.8. The number of aliphatic carboxylic acids is 1. The molecule has 0 radical (unpaired) electrons. The zero-order chi connectivity index (χ0) is 14.9. The van der Waals surface area contributed by atoms with Crippen molar-refractivity contribution in [3.8, 4) is 0 Å². The Hall–Kier alpha value is -1.10. The van der Waals surface area contributed by atoms with E-state index in [1.54, 1.807) is 4.90 Å². The molecule has 3 unspecified atom stereocenters. The Morgan fingerprint density at radius 3 is 2.60 bits per heavy atom. The number of hydrogen-bond acceptors (Lipinski definition) is 3. The number of carbonyl (C=O) groups is 2. The Bertz CT molecular complexity index is 395. The molecule has 2 rings (SSSR count). The molecule has 2 fully saturated rings. The number of hydrogen-bond donors (Lipinski definition) is 2. The summed E-state index contributed by atoms with van der Waals surface area (Å²) in [6.07, 6.45) is 4.58. The number of rotatable bonds is 3. The molecule has 1 aliphatic heterocycles. The van der Waals surface area contributed by atoms with Gasteiger partial charge in [-0.15, -0.1) is 0 Å². The molecule has 3 atom stereocenters. The zero-order valence-corrected chi connectivity index (χ0v) is 12.5. The highest BCUT2D eigenvalue weighted by Crippen LogP contribution is 2.39. The Labute approximate surface area is 120 Å². The molecule has 0 bridgehead atoms. The number of carboxylic acid groups (broad SMARTS) is 1. The molecule has 114 valence electrons. The predicted octanol–water partition coefficient (Wildman–Crippen LogP) is 1.46. The molecule has 1 saturated heterocycles. The van der Waals surface area contributed by atoms with Gasteiger partial charge in [-0.1, -0.05) is 20.3 Å². The van der Waals surface area contributed by atoms with Crippen LogP contribution in [0.5, 0.6) is 0 Å². The minimum atomic E-state index is -0.884. The Morgan fingerprint density at radius 1 is 1.30 bits per heavy atom. The van der Waals surface area contributed by atoms with E-state index in [-0.39, 0.29) is 23.2 Å². The van der Waals surface area contributed by atoms with Crippen molar-refractivity contribution in [1.29, 1.82) is 0 Å². The molecule has 1 saturated carbocycles. The van der Waals surface area contributed by atoms with E-state index in [2.05, 4.69) is 0 Å². The van der Waals surface area contributed by atoms with E-state index in [1.807, 2.05) is 13.8 Å². The maximum Gasteiger partial charge on any atom is 0.326 e. The molecule has 0 spiro atoms. The monoisotopic (exact) mass is 282 g/mol. The second kappa shape index (κ2) is 5.72. The van der Waals surface area contributed by atoms with E-state index in [4.69, 9.17) is 5.73 Å². The molecule has 1 amide bonds. The van der Waals surface area contributed by atoms with Gasteiger partial charge in [-0.25, -0.2) is 4.79 Å². The van der Waals surface area contributed by atoms with Crippen molar-refractivity contribution in [2.24, 2.45) is 23.0 Å². The van der Waals surface area contributed by atoms with Gasteiger partial charge >= 0.3 is 5.97 Å². The number of carbonyl (C=O) groups excluding carboxylic acids is 1. The fourth-order valence-electron chi connectivity index (χ4n) is 3.95. The van der Waals surface area contributed by atoms with E-state index < -0.39 is 12.0 Å². The highest BCUT2D eigenvalue weighted by atomic mass is 16.4. The van der Waals surface area contributed by atoms with Gasteiger partial charge in [-0.3, -0.25) is 4.79 Å². The smallest absolute Gasteiger partial charge is 0.326 e. The van der Waals surface area contributed by atoms with Crippen molar-refractivity contribution >= 4 is 11.9 Å². The van der Waals surface area contributed by atoms with Crippen LogP contribution in [0.4, 0.5) is 0 Å². The normalized spacial score (nSPS) is 33.1. The van der Waals surface area contributed by atoms with Crippen LogP contribution in [0.1, 0.15) is 46.0 Å². The lowest BCUT2D eigenvalue weighted by Crippen LogP contribution is -2.58. The number of piperidine rings is 1. The zero-order valence-electron chi connectivity index (χ0n) is 12.5. The lowest BCUT2D eigenvalue weighted by Gasteiger charge is -2.45. The maximum absolute atomic E-state index is 12.8. The first-order chi connectivity index (χ1) is 9.38. The Balaban J connectivity index is 2.20. The highest BCUT2D eigenvalue weighted by Gasteiger charge is 2.47. The van der Waals surface area contributed by atoms with E-state index in [9.17, 15) is 14.7 Å². The van der Waals surface area contributed by atoms with Crippen LogP contribution in [0.2, 0.25) is 0 Å². The van der Waals surface area contributed by atoms with Crippen LogP contribution in [0.3, 0.4) is 0 Å². The molecule has 3 N–H and O–H groups in total. The topological polar surface area (TPSA) is 83.6 Å². The van der Waals surface area contributed by atoms with Crippen LogP contribution < -0.4 is 5.73 Å². The van der Waals surface area contributed by atoms with Gasteiger partial charge in [0.05, 0.1) is 0 Å². The van der Waals surface area contributed by atoms with Crippen LogP contribution in [0.25, 0.3) is 0 Å². The van der Waals surface area contributed by atoms with E-state index >= 15 is 0 Å². The predicted molar refractivity (Wildman–Crippen MR) is 76.0 cm³/mol. The summed E-state index contributed by atoms with van der Waals surface area (Å²) in [6.45, 7) is 4.97. The molecule has 5 heteroatoms. The average molecular weight is 282 g/mol. The lowest BCUT2D eigenvalue weighted by molar-refractivity contribution is -0.161. The fourth-order valence-corrected chi connectivity index (χ4v) is 3.95. The molecule has 0 aromatic carbocycles. The Morgan fingerprint density at radius 2 is 2.00 bits per heavy atom. The summed E-state index contributed by atoms with van der Waals surface area (Å²) in [5.74, 6) is -0.721. The van der Waals surface area contributed by atoms with Crippen LogP contribution in [-0.4, -0.2) is 41.0 Å². The first-order valence-corrected chi connectivity index (χ1v) is 7.62. The fraction of sp³-hybridized carbons (Fsp3) is 0.867. The largest absolute Gasteiger partial charge is 0.480 e. The highest BCUT2D eigenvalue weighted by molar-refractivity contribution is 5.86. The first kappa shape index (κ1) is 15.3. The number of nitrogens with two attached hydrogens (primary N) is 1. The van der Waals surface area contributed by atoms with Gasteiger partial charge in [-0.2, -0.15) is 0 Å². The van der Waals surface area contributed by atoms with E-state index in [0.29, 0.717) is 13.1 Å². The van der Waals surface area contributed by atoms with Gasteiger partial charge in [0.25, 0.3) is 0 Å². The van der Waals surface area contributed by atoms with Crippen molar-refractivity contribution in [2.75, 3.05) is 13.1 Å². The first-order valence-electron chi connectivity index (χ1n) is 7.62. The molecule has 1 heterocycles. The minimum absolute atomic E-state index is 0.0122. The average Bonchev–Trinajstić information content (AvgIpc) is 2.84. The molecule has 0 aromatic heterocycles. The standard InChI is InChI=1S/C15H26N2O3/c1-15(2)7-4-8-17(12(15)14(19)20)13(18)11-6-3-5-10(11)9-16/h10-12H,3-9,16H2,1-2H3,(H,19,20). The molecule has 20 heavy (non-hydrogen) atoms. The SMILES string of the molecule is CC1(C)CCCN(C(=O)C2CCCC2CN)C1C(=O)O. The van der Waals surface area contributed by atoms with Gasteiger partial charge < -0.3 is 15.7 Å². The third-order valence-corrected chi connectivity index (χ3v) is 5.07. The summed E-state index contributed by atoms with van der Waals surface area (Å²) in [5, 5.41) is 9.54. The number of nitrogens with zero attached hydrogens (tertiary/aromatic N) is 1. The second-order valence-electron chi connectivity index (χ2n) is 6.90. The quantitative estimate of drug-likeness (QED) is 0.821. The molecule has 0 aromatic rings. The summed E-state index contributed by atoms with van der Waals surface area (Å²) >= 11 is 0. The summed E-state index contributed by atoms with van der Waals surface area (Å²) in [7, 11) is 0. The van der Waals surface area contributed by atoms with E-state index in [0.717, 1.165) is 32.1 Å². The van der Waals surface area contributed by atoms with Crippen molar-refractivity contribution in [3.05, 3.63) is 0 Å². The number of amides is 1. The van der Waals surface area contributed by atoms with E-state index in [1.165, 1.54) is 0 Å². The third kappa shape index (κ3) is 2.68. The summed E-state index contributed by atoms with van der Waals surface area (Å²) < 4.78 is 0.